The molecule has 2 heterocycles. The third-order valence-corrected chi connectivity index (χ3v) is 6.32. The molecular weight excluding hydrogens is 494 g/mol. The normalized spacial score (nSPS) is 15.4. The number of hydrogen-bond donors (Lipinski definition) is 3. The molecular formula is C23H23BrClN5O2. The fourth-order valence-electron chi connectivity index (χ4n) is 3.71. The molecule has 0 spiro atoms. The highest BCUT2D eigenvalue weighted by atomic mass is 79.9. The summed E-state index contributed by atoms with van der Waals surface area (Å²) in [6.07, 6.45) is 2.53. The van der Waals surface area contributed by atoms with Crippen LogP contribution in [0.4, 0.5) is 17.3 Å². The minimum Gasteiger partial charge on any atom is -0.480 e. The van der Waals surface area contributed by atoms with Crippen molar-refractivity contribution in [3.05, 3.63) is 68.8 Å². The predicted octanol–water partition coefficient (Wildman–Crippen LogP) is 5.28. The molecule has 3 N–H and O–H groups in total. The summed E-state index contributed by atoms with van der Waals surface area (Å²) in [6.45, 7) is 4.00. The average Bonchev–Trinajstić information content (AvgIpc) is 3.31. The molecule has 0 bridgehead atoms. The molecule has 0 unspecified atom stereocenters. The van der Waals surface area contributed by atoms with Crippen molar-refractivity contribution in [3.63, 3.8) is 0 Å². The standard InChI is InChI=1S/C23H23BrClN5O2/c1-13-6-7-15(14-8-9-26-11-14)19(10-13)28-23-27-12-16(22(30-23)32-2)21(31)29-20-17(24)4-3-5-18(20)25/h3-7,10,12,14,26H,8-9,11H2,1-2H3,(H,29,31)(H,27,28,30)/t14-/m1/s1. The van der Waals surface area contributed by atoms with Crippen LogP contribution in [0.1, 0.15) is 33.8 Å². The highest BCUT2D eigenvalue weighted by Gasteiger charge is 2.21. The summed E-state index contributed by atoms with van der Waals surface area (Å²) in [5, 5.41) is 9.92. The first kappa shape index (κ1) is 22.5. The molecule has 4 rings (SSSR count). The number of para-hydroxylation sites is 1. The van der Waals surface area contributed by atoms with Crippen LogP contribution in [0.15, 0.2) is 47.1 Å². The van der Waals surface area contributed by atoms with Crippen LogP contribution in [0, 0.1) is 6.92 Å². The topological polar surface area (TPSA) is 88.2 Å². The van der Waals surface area contributed by atoms with Crippen LogP contribution in [-0.4, -0.2) is 36.1 Å². The number of halogens is 2. The molecule has 1 saturated heterocycles. The first-order valence-electron chi connectivity index (χ1n) is 10.2. The highest BCUT2D eigenvalue weighted by Crippen LogP contribution is 2.33. The summed E-state index contributed by atoms with van der Waals surface area (Å²) in [6, 6.07) is 11.6. The van der Waals surface area contributed by atoms with Crippen molar-refractivity contribution in [2.24, 2.45) is 0 Å². The summed E-state index contributed by atoms with van der Waals surface area (Å²) in [5.41, 5.74) is 3.98. The smallest absolute Gasteiger partial charge is 0.262 e. The zero-order valence-electron chi connectivity index (χ0n) is 17.7. The van der Waals surface area contributed by atoms with Gasteiger partial charge in [-0.05, 0) is 71.1 Å². The van der Waals surface area contributed by atoms with Crippen LogP contribution in [0.2, 0.25) is 5.02 Å². The quantitative estimate of drug-likeness (QED) is 0.413. The van der Waals surface area contributed by atoms with Gasteiger partial charge in [-0.3, -0.25) is 4.79 Å². The van der Waals surface area contributed by atoms with Crippen LogP contribution in [0.25, 0.3) is 0 Å². The van der Waals surface area contributed by atoms with Gasteiger partial charge in [0.1, 0.15) is 5.56 Å². The van der Waals surface area contributed by atoms with E-state index in [4.69, 9.17) is 16.3 Å². The minimum absolute atomic E-state index is 0.167. The number of amides is 1. The van der Waals surface area contributed by atoms with E-state index in [0.29, 0.717) is 27.0 Å². The fourth-order valence-corrected chi connectivity index (χ4v) is 4.51. The summed E-state index contributed by atoms with van der Waals surface area (Å²) >= 11 is 9.61. The third-order valence-electron chi connectivity index (χ3n) is 5.35. The molecule has 1 atom stereocenters. The third kappa shape index (κ3) is 4.87. The number of nitrogens with zero attached hydrogens (tertiary/aromatic N) is 2. The predicted molar refractivity (Wildman–Crippen MR) is 130 cm³/mol. The maximum Gasteiger partial charge on any atom is 0.262 e. The van der Waals surface area contributed by atoms with Crippen molar-refractivity contribution in [1.29, 1.82) is 0 Å². The Labute approximate surface area is 200 Å². The first-order valence-corrected chi connectivity index (χ1v) is 11.4. The van der Waals surface area contributed by atoms with E-state index in [9.17, 15) is 4.79 Å². The van der Waals surface area contributed by atoms with Gasteiger partial charge in [-0.25, -0.2) is 4.98 Å². The number of rotatable bonds is 6. The number of anilines is 3. The molecule has 3 aromatic rings. The number of benzene rings is 2. The number of carbonyl (C=O) groups excluding carboxylic acids is 1. The van der Waals surface area contributed by atoms with E-state index in [1.807, 2.05) is 6.92 Å². The number of hydrogen-bond acceptors (Lipinski definition) is 6. The number of nitrogens with one attached hydrogen (secondary N) is 3. The lowest BCUT2D eigenvalue weighted by molar-refractivity contribution is 0.102. The molecule has 1 fully saturated rings. The van der Waals surface area contributed by atoms with Gasteiger partial charge in [0, 0.05) is 22.9 Å². The maximum absolute atomic E-state index is 12.9. The largest absolute Gasteiger partial charge is 0.480 e. The van der Waals surface area contributed by atoms with Crippen LogP contribution >= 0.6 is 27.5 Å². The van der Waals surface area contributed by atoms with E-state index in [-0.39, 0.29) is 11.4 Å². The molecule has 1 aromatic heterocycles. The van der Waals surface area contributed by atoms with Gasteiger partial charge in [-0.2, -0.15) is 4.98 Å². The van der Waals surface area contributed by atoms with Crippen molar-refractivity contribution in [2.75, 3.05) is 30.8 Å². The SMILES string of the molecule is COc1nc(Nc2cc(C)ccc2[C@@H]2CCNC2)ncc1C(=O)Nc1c(Cl)cccc1Br. The molecule has 0 saturated carbocycles. The molecule has 0 aliphatic carbocycles. The van der Waals surface area contributed by atoms with E-state index < -0.39 is 5.91 Å². The Hall–Kier alpha value is -2.68. The first-order chi connectivity index (χ1) is 15.5. The number of methoxy groups -OCH3 is 1. The van der Waals surface area contributed by atoms with Gasteiger partial charge < -0.3 is 20.7 Å². The molecule has 7 nitrogen and oxygen atoms in total. The van der Waals surface area contributed by atoms with Gasteiger partial charge in [-0.15, -0.1) is 0 Å². The van der Waals surface area contributed by atoms with Crippen molar-refractivity contribution in [1.82, 2.24) is 15.3 Å². The monoisotopic (exact) mass is 515 g/mol. The maximum atomic E-state index is 12.9. The number of aromatic nitrogens is 2. The summed E-state index contributed by atoms with van der Waals surface area (Å²) in [7, 11) is 1.47. The highest BCUT2D eigenvalue weighted by molar-refractivity contribution is 9.10. The molecule has 32 heavy (non-hydrogen) atoms. The Bertz CT molecular complexity index is 1130. The van der Waals surface area contributed by atoms with E-state index >= 15 is 0 Å². The summed E-state index contributed by atoms with van der Waals surface area (Å²) in [4.78, 5) is 21.7. The Morgan fingerprint density at radius 2 is 2.16 bits per heavy atom. The van der Waals surface area contributed by atoms with Gasteiger partial charge in [0.05, 0.1) is 17.8 Å². The van der Waals surface area contributed by atoms with Gasteiger partial charge in [0.2, 0.25) is 11.8 Å². The average molecular weight is 517 g/mol. The van der Waals surface area contributed by atoms with Crippen LogP contribution in [0.5, 0.6) is 5.88 Å². The summed E-state index contributed by atoms with van der Waals surface area (Å²) in [5.74, 6) is 0.532. The zero-order chi connectivity index (χ0) is 22.7. The van der Waals surface area contributed by atoms with Gasteiger partial charge >= 0.3 is 0 Å². The van der Waals surface area contributed by atoms with E-state index in [0.717, 1.165) is 30.8 Å². The van der Waals surface area contributed by atoms with Gasteiger partial charge in [0.25, 0.3) is 5.91 Å². The minimum atomic E-state index is -0.421. The Kier molecular flexibility index (Phi) is 6.93. The van der Waals surface area contributed by atoms with Crippen LogP contribution in [0.3, 0.4) is 0 Å². The fraction of sp³-hybridized carbons (Fsp3) is 0.261. The Morgan fingerprint density at radius 1 is 1.31 bits per heavy atom. The Morgan fingerprint density at radius 3 is 2.88 bits per heavy atom. The molecule has 2 aromatic carbocycles. The molecule has 1 aliphatic heterocycles. The van der Waals surface area contributed by atoms with Crippen molar-refractivity contribution >= 4 is 50.8 Å². The second kappa shape index (κ2) is 9.85. The Balaban J connectivity index is 1.59. The van der Waals surface area contributed by atoms with E-state index in [1.54, 1.807) is 18.2 Å². The lowest BCUT2D eigenvalue weighted by atomic mass is 9.95. The molecule has 0 radical (unpaired) electrons. The van der Waals surface area contributed by atoms with Gasteiger partial charge in [-0.1, -0.05) is 29.8 Å². The number of aryl methyl sites for hydroxylation is 1. The second-order valence-corrected chi connectivity index (χ2v) is 8.83. The molecule has 166 valence electrons. The van der Waals surface area contributed by atoms with Crippen LogP contribution < -0.4 is 20.7 Å². The summed E-state index contributed by atoms with van der Waals surface area (Å²) < 4.78 is 6.06. The molecule has 1 aliphatic rings. The lowest BCUT2D eigenvalue weighted by Crippen LogP contribution is -2.16. The number of carbonyl (C=O) groups is 1. The number of ether oxygens (including phenoxy) is 1. The molecule has 9 heteroatoms. The second-order valence-electron chi connectivity index (χ2n) is 7.57. The van der Waals surface area contributed by atoms with Crippen molar-refractivity contribution < 1.29 is 9.53 Å². The van der Waals surface area contributed by atoms with E-state index in [2.05, 4.69) is 60.0 Å². The van der Waals surface area contributed by atoms with Crippen molar-refractivity contribution in [3.8, 4) is 5.88 Å². The molecule has 1 amide bonds. The lowest BCUT2D eigenvalue weighted by Gasteiger charge is -2.17. The van der Waals surface area contributed by atoms with Crippen LogP contribution in [-0.2, 0) is 0 Å². The van der Waals surface area contributed by atoms with E-state index in [1.165, 1.54) is 18.9 Å². The van der Waals surface area contributed by atoms with Crippen molar-refractivity contribution in [2.45, 2.75) is 19.3 Å². The zero-order valence-corrected chi connectivity index (χ0v) is 20.0. The van der Waals surface area contributed by atoms with Gasteiger partial charge in [0.15, 0.2) is 0 Å².